The summed E-state index contributed by atoms with van der Waals surface area (Å²) in [5.41, 5.74) is -0.772. The molecule has 3 amide bonds. The van der Waals surface area contributed by atoms with Gasteiger partial charge in [0.1, 0.15) is 0 Å². The first-order valence-corrected chi connectivity index (χ1v) is 8.21. The summed E-state index contributed by atoms with van der Waals surface area (Å²) in [4.78, 5) is 33.9. The average molecular weight is 373 g/mol. The van der Waals surface area contributed by atoms with Crippen LogP contribution in [0.4, 0.5) is 23.7 Å². The van der Waals surface area contributed by atoms with Gasteiger partial charge < -0.3 is 16.0 Å². The van der Waals surface area contributed by atoms with Gasteiger partial charge in [-0.1, -0.05) is 18.9 Å². The minimum atomic E-state index is -4.46. The molecule has 0 aliphatic carbocycles. The average Bonchev–Trinajstić information content (AvgIpc) is 2.59. The quantitative estimate of drug-likeness (QED) is 0.459. The van der Waals surface area contributed by atoms with Gasteiger partial charge in [-0.3, -0.25) is 9.59 Å². The maximum Gasteiger partial charge on any atom is 0.416 e. The Bertz CT molecular complexity index is 633. The van der Waals surface area contributed by atoms with Crippen molar-refractivity contribution in [2.24, 2.45) is 0 Å². The molecule has 0 saturated heterocycles. The highest BCUT2D eigenvalue weighted by molar-refractivity contribution is 6.36. The molecule has 0 aromatic heterocycles. The van der Waals surface area contributed by atoms with Gasteiger partial charge in [-0.2, -0.15) is 13.2 Å². The van der Waals surface area contributed by atoms with Crippen LogP contribution >= 0.6 is 0 Å². The number of hydrogen-bond acceptors (Lipinski definition) is 3. The molecule has 9 heteroatoms. The van der Waals surface area contributed by atoms with Crippen LogP contribution in [0.3, 0.4) is 0 Å². The molecule has 0 saturated carbocycles. The van der Waals surface area contributed by atoms with Gasteiger partial charge in [0.25, 0.3) is 5.91 Å². The number of ketones is 1. The normalized spacial score (nSPS) is 10.9. The van der Waals surface area contributed by atoms with Crippen molar-refractivity contribution in [3.63, 3.8) is 0 Å². The van der Waals surface area contributed by atoms with Crippen LogP contribution in [0, 0.1) is 0 Å². The van der Waals surface area contributed by atoms with Crippen molar-refractivity contribution in [2.45, 2.75) is 38.3 Å². The minimum absolute atomic E-state index is 0.0602. The molecule has 0 aliphatic heterocycles. The van der Waals surface area contributed by atoms with Crippen molar-refractivity contribution < 1.29 is 27.6 Å². The van der Waals surface area contributed by atoms with Gasteiger partial charge in [0.05, 0.1) is 5.56 Å². The van der Waals surface area contributed by atoms with E-state index >= 15 is 0 Å². The monoisotopic (exact) mass is 373 g/mol. The second kappa shape index (κ2) is 10.4. The Kier molecular flexibility index (Phi) is 8.60. The Hall–Kier alpha value is -2.58. The number of halogens is 3. The fraction of sp³-hybridized carbons (Fsp3) is 0.471. The number of urea groups is 1. The number of Topliss-reactive ketones (excluding diaryl/α,β-unsaturated/α-hetero) is 1. The summed E-state index contributed by atoms with van der Waals surface area (Å²) in [7, 11) is 1.40. The second-order valence-corrected chi connectivity index (χ2v) is 5.63. The highest BCUT2D eigenvalue weighted by atomic mass is 19.4. The summed E-state index contributed by atoms with van der Waals surface area (Å²) >= 11 is 0. The lowest BCUT2D eigenvalue weighted by atomic mass is 10.1. The zero-order valence-corrected chi connectivity index (χ0v) is 14.4. The lowest BCUT2D eigenvalue weighted by Crippen LogP contribution is -2.29. The molecule has 0 bridgehead atoms. The second-order valence-electron chi connectivity index (χ2n) is 5.63. The summed E-state index contributed by atoms with van der Waals surface area (Å²) in [6.45, 7) is 0.355. The zero-order valence-electron chi connectivity index (χ0n) is 14.4. The summed E-state index contributed by atoms with van der Waals surface area (Å²) in [6, 6.07) is 3.80. The molecular weight excluding hydrogens is 351 g/mol. The summed E-state index contributed by atoms with van der Waals surface area (Å²) in [6.07, 6.45) is -1.55. The maximum atomic E-state index is 12.6. The van der Waals surface area contributed by atoms with Crippen molar-refractivity contribution in [2.75, 3.05) is 18.9 Å². The van der Waals surface area contributed by atoms with Crippen molar-refractivity contribution in [1.29, 1.82) is 0 Å². The highest BCUT2D eigenvalue weighted by Crippen LogP contribution is 2.30. The molecule has 0 radical (unpaired) electrons. The summed E-state index contributed by atoms with van der Waals surface area (Å²) in [5.74, 6) is -1.05. The molecule has 26 heavy (non-hydrogen) atoms. The number of nitrogens with one attached hydrogen (secondary N) is 3. The Morgan fingerprint density at radius 2 is 1.73 bits per heavy atom. The first-order chi connectivity index (χ1) is 12.2. The Balaban J connectivity index is 2.20. The highest BCUT2D eigenvalue weighted by Gasteiger charge is 2.30. The van der Waals surface area contributed by atoms with Gasteiger partial charge in [0.2, 0.25) is 5.78 Å². The van der Waals surface area contributed by atoms with Crippen molar-refractivity contribution in [3.8, 4) is 0 Å². The lowest BCUT2D eigenvalue weighted by Gasteiger charge is -2.10. The molecular formula is C17H22F3N3O3. The fourth-order valence-corrected chi connectivity index (χ4v) is 2.17. The van der Waals surface area contributed by atoms with E-state index in [0.29, 0.717) is 19.4 Å². The van der Waals surface area contributed by atoms with Crippen LogP contribution in [0.1, 0.15) is 37.7 Å². The van der Waals surface area contributed by atoms with E-state index in [1.54, 1.807) is 0 Å². The zero-order chi connectivity index (χ0) is 19.6. The van der Waals surface area contributed by atoms with Crippen LogP contribution in [-0.4, -0.2) is 31.3 Å². The van der Waals surface area contributed by atoms with E-state index in [1.165, 1.54) is 19.2 Å². The molecule has 144 valence electrons. The molecule has 0 aliphatic rings. The van der Waals surface area contributed by atoms with Crippen LogP contribution in [0.2, 0.25) is 0 Å². The van der Waals surface area contributed by atoms with Gasteiger partial charge in [0, 0.05) is 25.7 Å². The topological polar surface area (TPSA) is 87.3 Å². The molecule has 1 aromatic rings. The Morgan fingerprint density at radius 1 is 1.04 bits per heavy atom. The smallest absolute Gasteiger partial charge is 0.353 e. The third kappa shape index (κ3) is 8.00. The third-order valence-electron chi connectivity index (χ3n) is 3.54. The maximum absolute atomic E-state index is 12.6. The van der Waals surface area contributed by atoms with E-state index in [4.69, 9.17) is 0 Å². The van der Waals surface area contributed by atoms with Gasteiger partial charge in [-0.15, -0.1) is 0 Å². The predicted molar refractivity (Wildman–Crippen MR) is 90.6 cm³/mol. The van der Waals surface area contributed by atoms with Crippen molar-refractivity contribution in [3.05, 3.63) is 29.8 Å². The number of benzene rings is 1. The Labute approximate surface area is 149 Å². The van der Waals surface area contributed by atoms with E-state index in [2.05, 4.69) is 16.0 Å². The molecule has 0 spiro atoms. The summed E-state index contributed by atoms with van der Waals surface area (Å²) < 4.78 is 37.8. The van der Waals surface area contributed by atoms with Gasteiger partial charge >= 0.3 is 12.2 Å². The number of carbonyl (C=O) groups excluding carboxylic acids is 3. The molecule has 1 aromatic carbocycles. The third-order valence-corrected chi connectivity index (χ3v) is 3.54. The number of likely N-dealkylation sites (N-methyl/N-ethyl adjacent to an activating group) is 1. The number of anilines is 1. The Morgan fingerprint density at radius 3 is 2.38 bits per heavy atom. The standard InChI is InChI=1S/C17H22F3N3O3/c1-21-15(25)14(24)9-4-2-3-5-10-22-16(26)23-13-8-6-7-12(11-13)17(18,19)20/h6-8,11H,2-5,9-10H2,1H3,(H,21,25)(H2,22,23,26). The first-order valence-electron chi connectivity index (χ1n) is 8.21. The van der Waals surface area contributed by atoms with Crippen LogP contribution in [0.15, 0.2) is 24.3 Å². The van der Waals surface area contributed by atoms with Crippen LogP contribution < -0.4 is 16.0 Å². The van der Waals surface area contributed by atoms with Crippen LogP contribution in [0.5, 0.6) is 0 Å². The minimum Gasteiger partial charge on any atom is -0.353 e. The lowest BCUT2D eigenvalue weighted by molar-refractivity contribution is -0.137. The number of rotatable bonds is 9. The first kappa shape index (κ1) is 21.5. The number of carbonyl (C=O) groups is 3. The largest absolute Gasteiger partial charge is 0.416 e. The number of hydrogen-bond donors (Lipinski definition) is 3. The van der Waals surface area contributed by atoms with Crippen molar-refractivity contribution >= 4 is 23.4 Å². The van der Waals surface area contributed by atoms with Gasteiger partial charge in [0.15, 0.2) is 0 Å². The van der Waals surface area contributed by atoms with E-state index in [9.17, 15) is 27.6 Å². The van der Waals surface area contributed by atoms with E-state index in [1.807, 2.05) is 0 Å². The molecule has 0 atom stereocenters. The number of unbranched alkanes of at least 4 members (excludes halogenated alkanes) is 3. The fourth-order valence-electron chi connectivity index (χ4n) is 2.17. The molecule has 1 rings (SSSR count). The van der Waals surface area contributed by atoms with E-state index < -0.39 is 29.5 Å². The van der Waals surface area contributed by atoms with Crippen LogP contribution in [-0.2, 0) is 15.8 Å². The molecule has 3 N–H and O–H groups in total. The summed E-state index contributed by atoms with van der Waals surface area (Å²) in [5, 5.41) is 7.17. The SMILES string of the molecule is CNC(=O)C(=O)CCCCCCNC(=O)Nc1cccc(C(F)(F)F)c1. The molecule has 0 heterocycles. The number of amides is 3. The number of alkyl halides is 3. The predicted octanol–water partition coefficient (Wildman–Crippen LogP) is 3.09. The van der Waals surface area contributed by atoms with E-state index in [-0.39, 0.29) is 12.1 Å². The molecule has 6 nitrogen and oxygen atoms in total. The molecule has 0 unspecified atom stereocenters. The van der Waals surface area contributed by atoms with E-state index in [0.717, 1.165) is 25.0 Å². The van der Waals surface area contributed by atoms with Crippen LogP contribution in [0.25, 0.3) is 0 Å². The van der Waals surface area contributed by atoms with Crippen molar-refractivity contribution in [1.82, 2.24) is 10.6 Å². The molecule has 0 fully saturated rings. The van der Waals surface area contributed by atoms with Gasteiger partial charge in [-0.25, -0.2) is 4.79 Å². The van der Waals surface area contributed by atoms with Gasteiger partial charge in [-0.05, 0) is 31.0 Å².